The van der Waals surface area contributed by atoms with Gasteiger partial charge < -0.3 is 10.8 Å². The van der Waals surface area contributed by atoms with Crippen molar-refractivity contribution in [3.05, 3.63) is 34.9 Å². The van der Waals surface area contributed by atoms with E-state index in [-0.39, 0.29) is 0 Å². The molecule has 1 aromatic rings. The minimum atomic E-state index is -1.60. The first-order valence-electron chi connectivity index (χ1n) is 4.47. The largest absolute Gasteiger partial charge is 0.477 e. The maximum Gasteiger partial charge on any atom is 0.341 e. The third-order valence-corrected chi connectivity index (χ3v) is 1.99. The first-order valence-corrected chi connectivity index (χ1v) is 4.47. The third-order valence-electron chi connectivity index (χ3n) is 1.99. The Morgan fingerprint density at radius 3 is 2.27 bits per heavy atom. The standard InChI is InChI=1S/C10H11F2NO2/c11-7-4-6(2-1-3-13)5-8(12)9(7)10(14)15/h4-5H,1-3,13H2,(H,14,15). The van der Waals surface area contributed by atoms with Gasteiger partial charge in [0, 0.05) is 0 Å². The summed E-state index contributed by atoms with van der Waals surface area (Å²) in [5.41, 5.74) is 4.76. The van der Waals surface area contributed by atoms with Crippen LogP contribution in [-0.2, 0) is 6.42 Å². The second kappa shape index (κ2) is 4.84. The minimum absolute atomic E-state index is 0.417. The van der Waals surface area contributed by atoms with Crippen LogP contribution in [0.4, 0.5) is 8.78 Å². The van der Waals surface area contributed by atoms with Crippen molar-refractivity contribution in [3.8, 4) is 0 Å². The van der Waals surface area contributed by atoms with Crippen LogP contribution < -0.4 is 5.73 Å². The fraction of sp³-hybridized carbons (Fsp3) is 0.300. The average Bonchev–Trinajstić information content (AvgIpc) is 2.12. The quantitative estimate of drug-likeness (QED) is 0.801. The number of nitrogens with two attached hydrogens (primary N) is 1. The van der Waals surface area contributed by atoms with Crippen LogP contribution in [0, 0.1) is 11.6 Å². The van der Waals surface area contributed by atoms with Crippen molar-refractivity contribution in [1.29, 1.82) is 0 Å². The van der Waals surface area contributed by atoms with Crippen molar-refractivity contribution >= 4 is 5.97 Å². The van der Waals surface area contributed by atoms with Crippen molar-refractivity contribution in [2.45, 2.75) is 12.8 Å². The summed E-state index contributed by atoms with van der Waals surface area (Å²) in [6, 6.07) is 2.06. The zero-order valence-corrected chi connectivity index (χ0v) is 7.96. The van der Waals surface area contributed by atoms with Gasteiger partial charge in [-0.15, -0.1) is 0 Å². The van der Waals surface area contributed by atoms with Crippen LogP contribution in [0.25, 0.3) is 0 Å². The van der Waals surface area contributed by atoms with E-state index >= 15 is 0 Å². The molecule has 15 heavy (non-hydrogen) atoms. The van der Waals surface area contributed by atoms with Gasteiger partial charge in [-0.05, 0) is 37.1 Å². The highest BCUT2D eigenvalue weighted by molar-refractivity contribution is 5.88. The van der Waals surface area contributed by atoms with Crippen LogP contribution in [0.15, 0.2) is 12.1 Å². The highest BCUT2D eigenvalue weighted by Gasteiger charge is 2.17. The molecular weight excluding hydrogens is 204 g/mol. The Morgan fingerprint density at radius 1 is 1.33 bits per heavy atom. The van der Waals surface area contributed by atoms with Crippen LogP contribution in [0.5, 0.6) is 0 Å². The number of rotatable bonds is 4. The lowest BCUT2D eigenvalue weighted by molar-refractivity contribution is 0.0686. The van der Waals surface area contributed by atoms with Crippen LogP contribution >= 0.6 is 0 Å². The molecule has 0 atom stereocenters. The Balaban J connectivity index is 3.03. The molecule has 3 N–H and O–H groups in total. The van der Waals surface area contributed by atoms with Crippen molar-refractivity contribution in [2.24, 2.45) is 5.73 Å². The van der Waals surface area contributed by atoms with Crippen molar-refractivity contribution in [3.63, 3.8) is 0 Å². The van der Waals surface area contributed by atoms with E-state index in [1.54, 1.807) is 0 Å². The van der Waals surface area contributed by atoms with Gasteiger partial charge in [0.2, 0.25) is 0 Å². The van der Waals surface area contributed by atoms with E-state index in [4.69, 9.17) is 10.8 Å². The summed E-state index contributed by atoms with van der Waals surface area (Å²) in [7, 11) is 0. The molecule has 0 aliphatic carbocycles. The molecule has 0 fully saturated rings. The molecule has 0 aliphatic heterocycles. The number of aryl methyl sites for hydroxylation is 1. The van der Waals surface area contributed by atoms with Crippen LogP contribution in [-0.4, -0.2) is 17.6 Å². The van der Waals surface area contributed by atoms with E-state index in [1.807, 2.05) is 0 Å². The predicted octanol–water partition coefficient (Wildman–Crippen LogP) is 1.55. The molecule has 0 unspecified atom stereocenters. The Labute approximate surface area is 85.5 Å². The highest BCUT2D eigenvalue weighted by atomic mass is 19.1. The van der Waals surface area contributed by atoms with Gasteiger partial charge in [0.25, 0.3) is 0 Å². The van der Waals surface area contributed by atoms with E-state index in [0.717, 1.165) is 12.1 Å². The molecule has 0 aliphatic rings. The first-order chi connectivity index (χ1) is 7.06. The van der Waals surface area contributed by atoms with Gasteiger partial charge in [-0.25, -0.2) is 13.6 Å². The maximum absolute atomic E-state index is 13.1. The third kappa shape index (κ3) is 2.73. The zero-order chi connectivity index (χ0) is 11.4. The van der Waals surface area contributed by atoms with E-state index in [1.165, 1.54) is 0 Å². The fourth-order valence-electron chi connectivity index (χ4n) is 1.28. The summed E-state index contributed by atoms with van der Waals surface area (Å²) in [5.74, 6) is -3.69. The molecule has 1 rings (SSSR count). The number of hydrogen-bond acceptors (Lipinski definition) is 2. The lowest BCUT2D eigenvalue weighted by Gasteiger charge is -2.04. The number of halogens is 2. The molecule has 0 saturated heterocycles. The first kappa shape index (κ1) is 11.6. The molecule has 0 amide bonds. The number of benzene rings is 1. The van der Waals surface area contributed by atoms with E-state index in [0.29, 0.717) is 24.9 Å². The monoisotopic (exact) mass is 215 g/mol. The number of carbonyl (C=O) groups is 1. The van der Waals surface area contributed by atoms with Gasteiger partial charge in [0.1, 0.15) is 17.2 Å². The van der Waals surface area contributed by atoms with Gasteiger partial charge in [-0.1, -0.05) is 0 Å². The topological polar surface area (TPSA) is 63.3 Å². The second-order valence-corrected chi connectivity index (χ2v) is 3.13. The molecule has 5 heteroatoms. The average molecular weight is 215 g/mol. The summed E-state index contributed by atoms with van der Waals surface area (Å²) in [6.07, 6.45) is 1.04. The number of hydrogen-bond donors (Lipinski definition) is 2. The molecule has 82 valence electrons. The number of carboxylic acid groups (broad SMARTS) is 1. The van der Waals surface area contributed by atoms with Gasteiger partial charge in [-0.3, -0.25) is 0 Å². The van der Waals surface area contributed by atoms with E-state index < -0.39 is 23.2 Å². The van der Waals surface area contributed by atoms with Crippen LogP contribution in [0.2, 0.25) is 0 Å². The number of carboxylic acids is 1. The molecule has 0 bridgehead atoms. The van der Waals surface area contributed by atoms with Gasteiger partial charge >= 0.3 is 5.97 Å². The predicted molar refractivity (Wildman–Crippen MR) is 50.7 cm³/mol. The molecule has 0 spiro atoms. The Kier molecular flexibility index (Phi) is 3.74. The second-order valence-electron chi connectivity index (χ2n) is 3.13. The van der Waals surface area contributed by atoms with Crippen molar-refractivity contribution < 1.29 is 18.7 Å². The smallest absolute Gasteiger partial charge is 0.341 e. The molecule has 3 nitrogen and oxygen atoms in total. The highest BCUT2D eigenvalue weighted by Crippen LogP contribution is 2.16. The molecule has 0 radical (unpaired) electrons. The molecular formula is C10H11F2NO2. The maximum atomic E-state index is 13.1. The summed E-state index contributed by atoms with van der Waals surface area (Å²) in [5, 5.41) is 8.51. The lowest BCUT2D eigenvalue weighted by atomic mass is 10.1. The molecule has 0 aromatic heterocycles. The van der Waals surface area contributed by atoms with Gasteiger partial charge in [0.05, 0.1) is 0 Å². The van der Waals surface area contributed by atoms with E-state index in [2.05, 4.69) is 0 Å². The number of aromatic carboxylic acids is 1. The van der Waals surface area contributed by atoms with Gasteiger partial charge in [-0.2, -0.15) is 0 Å². The summed E-state index contributed by atoms with van der Waals surface area (Å²) in [4.78, 5) is 10.5. The SMILES string of the molecule is NCCCc1cc(F)c(C(=O)O)c(F)c1. The Morgan fingerprint density at radius 2 is 1.87 bits per heavy atom. The summed E-state index contributed by atoms with van der Waals surface area (Å²) < 4.78 is 26.3. The van der Waals surface area contributed by atoms with Crippen molar-refractivity contribution in [2.75, 3.05) is 6.54 Å². The normalized spacial score (nSPS) is 10.3. The Hall–Kier alpha value is -1.49. The molecule has 0 heterocycles. The lowest BCUT2D eigenvalue weighted by Crippen LogP contribution is -2.07. The van der Waals surface area contributed by atoms with E-state index in [9.17, 15) is 13.6 Å². The van der Waals surface area contributed by atoms with Gasteiger partial charge in [0.15, 0.2) is 0 Å². The zero-order valence-electron chi connectivity index (χ0n) is 7.96. The minimum Gasteiger partial charge on any atom is -0.477 e. The summed E-state index contributed by atoms with van der Waals surface area (Å²) >= 11 is 0. The fourth-order valence-corrected chi connectivity index (χ4v) is 1.28. The molecule has 1 aromatic carbocycles. The molecule has 0 saturated carbocycles. The van der Waals surface area contributed by atoms with Crippen LogP contribution in [0.1, 0.15) is 22.3 Å². The summed E-state index contributed by atoms with van der Waals surface area (Å²) in [6.45, 7) is 0.421. The Bertz CT molecular complexity index is 357. The van der Waals surface area contributed by atoms with Crippen LogP contribution in [0.3, 0.4) is 0 Å². The van der Waals surface area contributed by atoms with Crippen molar-refractivity contribution in [1.82, 2.24) is 0 Å².